The molecule has 1 atom stereocenters. The lowest BCUT2D eigenvalue weighted by Crippen LogP contribution is -2.29. The lowest BCUT2D eigenvalue weighted by atomic mass is 9.77. The first-order valence-electron chi connectivity index (χ1n) is 10.7. The van der Waals surface area contributed by atoms with Gasteiger partial charge in [0.25, 0.3) is 0 Å². The standard InChI is InChI=1S/C27H25NO4S/c1-16(29)26(17(2)30)21(18-11-13-19(32-3)14-12-18)15-23(31)20-7-6-10-25-27(20)28-22-8-4-5-9-24(22)33-25/h4-14,21,26,28H,15H2,1-3H3. The van der Waals surface area contributed by atoms with Gasteiger partial charge in [-0.15, -0.1) is 0 Å². The first kappa shape index (κ1) is 22.8. The van der Waals surface area contributed by atoms with Crippen LogP contribution < -0.4 is 10.1 Å². The molecule has 5 nitrogen and oxygen atoms in total. The van der Waals surface area contributed by atoms with Crippen LogP contribution in [-0.4, -0.2) is 24.5 Å². The van der Waals surface area contributed by atoms with E-state index in [1.165, 1.54) is 13.8 Å². The predicted octanol–water partition coefficient (Wildman–Crippen LogP) is 6.05. The number of ketones is 3. The number of nitrogens with one attached hydrogen (secondary N) is 1. The summed E-state index contributed by atoms with van der Waals surface area (Å²) in [4.78, 5) is 40.5. The molecule has 1 aliphatic rings. The second-order valence-electron chi connectivity index (χ2n) is 8.11. The molecule has 0 saturated heterocycles. The van der Waals surface area contributed by atoms with E-state index in [0.29, 0.717) is 11.3 Å². The van der Waals surface area contributed by atoms with E-state index in [4.69, 9.17) is 4.74 Å². The van der Waals surface area contributed by atoms with Crippen molar-refractivity contribution in [1.29, 1.82) is 0 Å². The molecule has 1 aliphatic heterocycles. The van der Waals surface area contributed by atoms with E-state index in [1.54, 1.807) is 37.1 Å². The summed E-state index contributed by atoms with van der Waals surface area (Å²) in [6, 6.07) is 20.8. The SMILES string of the molecule is COc1ccc(C(CC(=O)c2cccc3c2Nc2ccccc2S3)C(C(C)=O)C(C)=O)cc1. The number of anilines is 2. The summed E-state index contributed by atoms with van der Waals surface area (Å²) in [5, 5.41) is 3.40. The zero-order valence-electron chi connectivity index (χ0n) is 18.8. The smallest absolute Gasteiger partial charge is 0.165 e. The van der Waals surface area contributed by atoms with Crippen molar-refractivity contribution in [3.8, 4) is 5.75 Å². The van der Waals surface area contributed by atoms with E-state index >= 15 is 0 Å². The van der Waals surface area contributed by atoms with Crippen LogP contribution >= 0.6 is 11.8 Å². The van der Waals surface area contributed by atoms with Crippen molar-refractivity contribution in [2.24, 2.45) is 5.92 Å². The zero-order valence-corrected chi connectivity index (χ0v) is 19.6. The summed E-state index contributed by atoms with van der Waals surface area (Å²) >= 11 is 1.61. The van der Waals surface area contributed by atoms with Crippen molar-refractivity contribution >= 4 is 40.5 Å². The Hall–Kier alpha value is -3.38. The highest BCUT2D eigenvalue weighted by Crippen LogP contribution is 2.46. The molecule has 0 fully saturated rings. The van der Waals surface area contributed by atoms with Crippen LogP contribution in [0.25, 0.3) is 0 Å². The van der Waals surface area contributed by atoms with Crippen LogP contribution in [0, 0.1) is 5.92 Å². The number of benzene rings is 3. The lowest BCUT2D eigenvalue weighted by molar-refractivity contribution is -0.131. The van der Waals surface area contributed by atoms with Gasteiger partial charge in [-0.3, -0.25) is 14.4 Å². The van der Waals surface area contributed by atoms with Gasteiger partial charge in [-0.05, 0) is 55.8 Å². The van der Waals surface area contributed by atoms with E-state index in [0.717, 1.165) is 26.7 Å². The summed E-state index contributed by atoms with van der Waals surface area (Å²) < 4.78 is 5.23. The van der Waals surface area contributed by atoms with Gasteiger partial charge in [0.1, 0.15) is 17.3 Å². The van der Waals surface area contributed by atoms with Gasteiger partial charge in [-0.1, -0.05) is 42.1 Å². The van der Waals surface area contributed by atoms with Gasteiger partial charge in [0.05, 0.1) is 24.4 Å². The minimum atomic E-state index is -0.884. The predicted molar refractivity (Wildman–Crippen MR) is 130 cm³/mol. The van der Waals surface area contributed by atoms with E-state index < -0.39 is 11.8 Å². The Bertz CT molecular complexity index is 1210. The highest BCUT2D eigenvalue weighted by molar-refractivity contribution is 7.99. The molecule has 0 aliphatic carbocycles. The van der Waals surface area contributed by atoms with Crippen LogP contribution in [0.2, 0.25) is 0 Å². The Labute approximate surface area is 197 Å². The van der Waals surface area contributed by atoms with Crippen LogP contribution in [0.4, 0.5) is 11.4 Å². The first-order valence-corrected chi connectivity index (χ1v) is 11.6. The third-order valence-corrected chi connectivity index (χ3v) is 7.06. The van der Waals surface area contributed by atoms with Crippen molar-refractivity contribution in [2.45, 2.75) is 36.0 Å². The largest absolute Gasteiger partial charge is 0.497 e. The minimum absolute atomic E-state index is 0.0423. The van der Waals surface area contributed by atoms with Crippen LogP contribution in [0.1, 0.15) is 42.1 Å². The number of carbonyl (C=O) groups excluding carboxylic acids is 3. The van der Waals surface area contributed by atoms with E-state index in [1.807, 2.05) is 48.5 Å². The Morgan fingerprint density at radius 1 is 0.879 bits per heavy atom. The number of hydrogen-bond donors (Lipinski definition) is 1. The van der Waals surface area contributed by atoms with Gasteiger partial charge in [-0.25, -0.2) is 0 Å². The molecule has 3 aromatic rings. The van der Waals surface area contributed by atoms with Crippen LogP contribution in [0.15, 0.2) is 76.5 Å². The fourth-order valence-corrected chi connectivity index (χ4v) is 5.35. The fraction of sp³-hybridized carbons (Fsp3) is 0.222. The summed E-state index contributed by atoms with van der Waals surface area (Å²) in [6.45, 7) is 2.82. The quantitative estimate of drug-likeness (QED) is 0.255. The van der Waals surface area contributed by atoms with Crippen LogP contribution in [-0.2, 0) is 9.59 Å². The molecule has 168 valence electrons. The number of Topliss-reactive ketones (excluding diaryl/α,β-unsaturated/α-hetero) is 3. The minimum Gasteiger partial charge on any atom is -0.497 e. The number of ether oxygens (including phenoxy) is 1. The second kappa shape index (κ2) is 9.63. The van der Waals surface area contributed by atoms with Crippen molar-refractivity contribution in [3.63, 3.8) is 0 Å². The molecule has 1 heterocycles. The Morgan fingerprint density at radius 2 is 1.55 bits per heavy atom. The number of carbonyl (C=O) groups is 3. The molecule has 0 saturated carbocycles. The lowest BCUT2D eigenvalue weighted by Gasteiger charge is -2.26. The molecule has 33 heavy (non-hydrogen) atoms. The summed E-state index contributed by atoms with van der Waals surface area (Å²) in [5.74, 6) is -1.37. The molecular weight excluding hydrogens is 434 g/mol. The van der Waals surface area contributed by atoms with Crippen molar-refractivity contribution < 1.29 is 19.1 Å². The average molecular weight is 460 g/mol. The maximum Gasteiger partial charge on any atom is 0.165 e. The molecule has 0 radical (unpaired) electrons. The Morgan fingerprint density at radius 3 is 2.21 bits per heavy atom. The van der Waals surface area contributed by atoms with E-state index in [9.17, 15) is 14.4 Å². The summed E-state index contributed by atoms with van der Waals surface area (Å²) in [6.07, 6.45) is 0.0423. The van der Waals surface area contributed by atoms with Gasteiger partial charge >= 0.3 is 0 Å². The van der Waals surface area contributed by atoms with Crippen molar-refractivity contribution in [1.82, 2.24) is 0 Å². The van der Waals surface area contributed by atoms with Gasteiger partial charge in [-0.2, -0.15) is 0 Å². The summed E-state index contributed by atoms with van der Waals surface area (Å²) in [5.41, 5.74) is 3.03. The first-order chi connectivity index (χ1) is 15.9. The number of methoxy groups -OCH3 is 1. The summed E-state index contributed by atoms with van der Waals surface area (Å²) in [7, 11) is 1.58. The molecule has 0 aromatic heterocycles. The fourth-order valence-electron chi connectivity index (χ4n) is 4.33. The third-order valence-electron chi connectivity index (χ3n) is 5.92. The normalized spacial score (nSPS) is 12.8. The molecular formula is C27H25NO4S. The molecule has 0 amide bonds. The molecule has 1 unspecified atom stereocenters. The van der Waals surface area contributed by atoms with Crippen LogP contribution in [0.5, 0.6) is 5.75 Å². The molecule has 0 spiro atoms. The van der Waals surface area contributed by atoms with Gasteiger partial charge in [0.2, 0.25) is 0 Å². The van der Waals surface area contributed by atoms with E-state index in [2.05, 4.69) is 5.32 Å². The number of fused-ring (bicyclic) bond motifs is 2. The average Bonchev–Trinajstić information content (AvgIpc) is 2.81. The number of hydrogen-bond acceptors (Lipinski definition) is 6. The van der Waals surface area contributed by atoms with Gasteiger partial charge < -0.3 is 10.1 Å². The van der Waals surface area contributed by atoms with Crippen molar-refractivity contribution in [2.75, 3.05) is 12.4 Å². The van der Waals surface area contributed by atoms with Gasteiger partial charge in [0, 0.05) is 27.7 Å². The third kappa shape index (κ3) is 4.71. The highest BCUT2D eigenvalue weighted by Gasteiger charge is 2.34. The van der Waals surface area contributed by atoms with Gasteiger partial charge in [0.15, 0.2) is 5.78 Å². The maximum absolute atomic E-state index is 13.6. The monoisotopic (exact) mass is 459 g/mol. The van der Waals surface area contributed by atoms with Crippen molar-refractivity contribution in [3.05, 3.63) is 77.9 Å². The molecule has 4 rings (SSSR count). The number of rotatable bonds is 8. The molecule has 1 N–H and O–H groups in total. The highest BCUT2D eigenvalue weighted by atomic mass is 32.2. The number of para-hydroxylation sites is 2. The molecule has 6 heteroatoms. The maximum atomic E-state index is 13.6. The Balaban J connectivity index is 1.69. The molecule has 3 aromatic carbocycles. The van der Waals surface area contributed by atoms with E-state index in [-0.39, 0.29) is 23.8 Å². The van der Waals surface area contributed by atoms with Crippen LogP contribution in [0.3, 0.4) is 0 Å². The second-order valence-corrected chi connectivity index (χ2v) is 9.19. The zero-order chi connectivity index (χ0) is 23.5. The molecule has 0 bridgehead atoms. The Kier molecular flexibility index (Phi) is 6.65. The topological polar surface area (TPSA) is 72.5 Å².